The first-order valence-corrected chi connectivity index (χ1v) is 7.37. The number of likely N-dealkylation sites (N-methyl/N-ethyl adjacent to an activating group) is 1. The SMILES string of the molecule is CC1CN(C)c2ccccc2CN1CCC(C)(C)C#N. The van der Waals surface area contributed by atoms with Crippen molar-refractivity contribution in [2.24, 2.45) is 5.41 Å². The third-order valence-electron chi connectivity index (χ3n) is 4.26. The van der Waals surface area contributed by atoms with Crippen LogP contribution in [0.4, 0.5) is 5.69 Å². The number of nitriles is 1. The van der Waals surface area contributed by atoms with E-state index in [1.54, 1.807) is 0 Å². The molecule has 1 aromatic rings. The summed E-state index contributed by atoms with van der Waals surface area (Å²) in [6, 6.07) is 11.5. The quantitative estimate of drug-likeness (QED) is 0.845. The molecule has 1 heterocycles. The molecule has 0 saturated carbocycles. The fraction of sp³-hybridized carbons (Fsp3) is 0.588. The summed E-state index contributed by atoms with van der Waals surface area (Å²) in [4.78, 5) is 4.84. The maximum absolute atomic E-state index is 9.17. The topological polar surface area (TPSA) is 30.3 Å². The van der Waals surface area contributed by atoms with E-state index in [1.807, 2.05) is 13.8 Å². The first-order valence-electron chi connectivity index (χ1n) is 7.37. The monoisotopic (exact) mass is 271 g/mol. The van der Waals surface area contributed by atoms with E-state index in [-0.39, 0.29) is 5.41 Å². The van der Waals surface area contributed by atoms with Crippen LogP contribution in [0.1, 0.15) is 32.8 Å². The van der Waals surface area contributed by atoms with Gasteiger partial charge in [-0.3, -0.25) is 4.90 Å². The Morgan fingerprint density at radius 1 is 1.35 bits per heavy atom. The molecular weight excluding hydrogens is 246 g/mol. The third kappa shape index (κ3) is 3.32. The number of para-hydroxylation sites is 1. The minimum atomic E-state index is -0.239. The summed E-state index contributed by atoms with van der Waals surface area (Å²) in [6.45, 7) is 9.31. The molecule has 0 aromatic heterocycles. The fourth-order valence-electron chi connectivity index (χ4n) is 2.78. The molecule has 0 radical (unpaired) electrons. The molecule has 20 heavy (non-hydrogen) atoms. The molecule has 2 rings (SSSR count). The highest BCUT2D eigenvalue weighted by atomic mass is 15.2. The molecule has 0 amide bonds. The summed E-state index contributed by atoms with van der Waals surface area (Å²) >= 11 is 0. The van der Waals surface area contributed by atoms with Crippen LogP contribution >= 0.6 is 0 Å². The van der Waals surface area contributed by atoms with Gasteiger partial charge >= 0.3 is 0 Å². The Morgan fingerprint density at radius 3 is 2.75 bits per heavy atom. The second-order valence-corrected chi connectivity index (χ2v) is 6.57. The predicted octanol–water partition coefficient (Wildman–Crippen LogP) is 3.27. The number of hydrogen-bond donors (Lipinski definition) is 0. The van der Waals surface area contributed by atoms with Crippen molar-refractivity contribution in [2.45, 2.75) is 39.8 Å². The van der Waals surface area contributed by atoms with Crippen LogP contribution in [-0.4, -0.2) is 31.1 Å². The summed E-state index contributed by atoms with van der Waals surface area (Å²) in [5.41, 5.74) is 2.48. The summed E-state index contributed by atoms with van der Waals surface area (Å²) in [6.07, 6.45) is 0.916. The lowest BCUT2D eigenvalue weighted by Crippen LogP contribution is -2.39. The van der Waals surface area contributed by atoms with Crippen molar-refractivity contribution in [2.75, 3.05) is 25.0 Å². The average molecular weight is 271 g/mol. The van der Waals surface area contributed by atoms with E-state index in [0.717, 1.165) is 26.1 Å². The van der Waals surface area contributed by atoms with E-state index in [2.05, 4.69) is 54.1 Å². The molecule has 1 aliphatic heterocycles. The van der Waals surface area contributed by atoms with Gasteiger partial charge in [0.05, 0.1) is 11.5 Å². The van der Waals surface area contributed by atoms with Crippen molar-refractivity contribution in [3.05, 3.63) is 29.8 Å². The van der Waals surface area contributed by atoms with Crippen LogP contribution in [-0.2, 0) is 6.54 Å². The van der Waals surface area contributed by atoms with E-state index < -0.39 is 0 Å². The van der Waals surface area contributed by atoms with Crippen molar-refractivity contribution in [1.82, 2.24) is 4.90 Å². The highest BCUT2D eigenvalue weighted by molar-refractivity contribution is 5.53. The van der Waals surface area contributed by atoms with Crippen molar-refractivity contribution >= 4 is 5.69 Å². The van der Waals surface area contributed by atoms with Crippen molar-refractivity contribution in [3.63, 3.8) is 0 Å². The van der Waals surface area contributed by atoms with Crippen LogP contribution in [0.2, 0.25) is 0 Å². The first-order chi connectivity index (χ1) is 9.43. The predicted molar refractivity (Wildman–Crippen MR) is 83.6 cm³/mol. The van der Waals surface area contributed by atoms with E-state index in [1.165, 1.54) is 11.3 Å². The van der Waals surface area contributed by atoms with Crippen LogP contribution in [0.5, 0.6) is 0 Å². The van der Waals surface area contributed by atoms with Crippen molar-refractivity contribution in [3.8, 4) is 6.07 Å². The lowest BCUT2D eigenvalue weighted by atomic mass is 9.91. The maximum Gasteiger partial charge on any atom is 0.0684 e. The summed E-state index contributed by atoms with van der Waals surface area (Å²) < 4.78 is 0. The number of benzene rings is 1. The molecule has 108 valence electrons. The molecule has 0 fully saturated rings. The molecule has 1 aromatic carbocycles. The minimum Gasteiger partial charge on any atom is -0.373 e. The molecule has 0 bridgehead atoms. The Morgan fingerprint density at radius 2 is 2.05 bits per heavy atom. The van der Waals surface area contributed by atoms with Crippen LogP contribution in [0.3, 0.4) is 0 Å². The van der Waals surface area contributed by atoms with E-state index in [9.17, 15) is 0 Å². The van der Waals surface area contributed by atoms with Gasteiger partial charge in [-0.15, -0.1) is 0 Å². The molecule has 0 spiro atoms. The summed E-state index contributed by atoms with van der Waals surface area (Å²) in [7, 11) is 2.16. The maximum atomic E-state index is 9.17. The zero-order chi connectivity index (χ0) is 14.8. The van der Waals surface area contributed by atoms with Crippen LogP contribution in [0.25, 0.3) is 0 Å². The average Bonchev–Trinajstić information content (AvgIpc) is 2.54. The van der Waals surface area contributed by atoms with Gasteiger partial charge in [0.1, 0.15) is 0 Å². The second kappa shape index (κ2) is 5.85. The molecule has 0 saturated heterocycles. The fourth-order valence-corrected chi connectivity index (χ4v) is 2.78. The highest BCUT2D eigenvalue weighted by Gasteiger charge is 2.25. The van der Waals surface area contributed by atoms with Gasteiger partial charge in [0, 0.05) is 38.4 Å². The summed E-state index contributed by atoms with van der Waals surface area (Å²) in [5, 5.41) is 9.17. The van der Waals surface area contributed by atoms with Crippen molar-refractivity contribution < 1.29 is 0 Å². The Balaban J connectivity index is 2.14. The van der Waals surface area contributed by atoms with Crippen molar-refractivity contribution in [1.29, 1.82) is 5.26 Å². The lowest BCUT2D eigenvalue weighted by molar-refractivity contribution is 0.187. The van der Waals surface area contributed by atoms with E-state index in [0.29, 0.717) is 6.04 Å². The molecule has 0 N–H and O–H groups in total. The van der Waals surface area contributed by atoms with Gasteiger partial charge in [-0.2, -0.15) is 5.26 Å². The van der Waals surface area contributed by atoms with Gasteiger partial charge in [-0.1, -0.05) is 18.2 Å². The van der Waals surface area contributed by atoms with Gasteiger partial charge < -0.3 is 4.90 Å². The molecular formula is C17H25N3. The largest absolute Gasteiger partial charge is 0.373 e. The number of hydrogen-bond acceptors (Lipinski definition) is 3. The lowest BCUT2D eigenvalue weighted by Gasteiger charge is -2.30. The van der Waals surface area contributed by atoms with Gasteiger partial charge in [0.25, 0.3) is 0 Å². The summed E-state index contributed by atoms with van der Waals surface area (Å²) in [5.74, 6) is 0. The van der Waals surface area contributed by atoms with E-state index in [4.69, 9.17) is 5.26 Å². The van der Waals surface area contributed by atoms with Gasteiger partial charge in [-0.05, 0) is 38.8 Å². The zero-order valence-corrected chi connectivity index (χ0v) is 13.1. The molecule has 1 unspecified atom stereocenters. The Kier molecular flexibility index (Phi) is 4.35. The minimum absolute atomic E-state index is 0.239. The zero-order valence-electron chi connectivity index (χ0n) is 13.1. The first kappa shape index (κ1) is 14.9. The molecule has 0 aliphatic carbocycles. The van der Waals surface area contributed by atoms with E-state index >= 15 is 0 Å². The Hall–Kier alpha value is -1.53. The number of fused-ring (bicyclic) bond motifs is 1. The van der Waals surface area contributed by atoms with Crippen LogP contribution < -0.4 is 4.90 Å². The number of anilines is 1. The highest BCUT2D eigenvalue weighted by Crippen LogP contribution is 2.27. The van der Waals surface area contributed by atoms with Gasteiger partial charge in [0.2, 0.25) is 0 Å². The molecule has 3 nitrogen and oxygen atoms in total. The number of rotatable bonds is 3. The van der Waals surface area contributed by atoms with Crippen LogP contribution in [0.15, 0.2) is 24.3 Å². The normalized spacial score (nSPS) is 20.1. The molecule has 3 heteroatoms. The Bertz CT molecular complexity index is 501. The second-order valence-electron chi connectivity index (χ2n) is 6.57. The standard InChI is InChI=1S/C17H25N3/c1-14-11-19(4)16-8-6-5-7-15(16)12-20(14)10-9-17(2,3)13-18/h5-8,14H,9-12H2,1-4H3. The molecule has 1 aliphatic rings. The number of nitrogens with zero attached hydrogens (tertiary/aromatic N) is 3. The smallest absolute Gasteiger partial charge is 0.0684 e. The van der Waals surface area contributed by atoms with Gasteiger partial charge in [-0.25, -0.2) is 0 Å². The van der Waals surface area contributed by atoms with Gasteiger partial charge in [0.15, 0.2) is 0 Å². The molecule has 1 atom stereocenters. The van der Waals surface area contributed by atoms with Crippen LogP contribution in [0, 0.1) is 16.7 Å². The third-order valence-corrected chi connectivity index (χ3v) is 4.26. The Labute approximate surface area is 122 Å².